The number of rotatable bonds is 7. The minimum atomic E-state index is 0.729. The monoisotopic (exact) mass is 272 g/mol. The third-order valence-corrected chi connectivity index (χ3v) is 3.62. The van der Waals surface area contributed by atoms with Crippen molar-refractivity contribution in [2.24, 2.45) is 5.73 Å². The molecule has 4 heteroatoms. The lowest BCUT2D eigenvalue weighted by Gasteiger charge is -2.26. The van der Waals surface area contributed by atoms with Gasteiger partial charge in [0.1, 0.15) is 5.82 Å². The molecule has 1 aromatic carbocycles. The molecule has 0 saturated carbocycles. The molecule has 4 nitrogen and oxygen atoms in total. The summed E-state index contributed by atoms with van der Waals surface area (Å²) in [6.07, 6.45) is 4.90. The Morgan fingerprint density at radius 3 is 2.65 bits per heavy atom. The van der Waals surface area contributed by atoms with Gasteiger partial charge in [0.2, 0.25) is 0 Å². The molecule has 2 N–H and O–H groups in total. The zero-order valence-electron chi connectivity index (χ0n) is 12.4. The highest BCUT2D eigenvalue weighted by Crippen LogP contribution is 2.19. The van der Waals surface area contributed by atoms with Crippen LogP contribution in [0.2, 0.25) is 0 Å². The predicted molar refractivity (Wildman–Crippen MR) is 84.0 cm³/mol. The minimum absolute atomic E-state index is 0.729. The zero-order chi connectivity index (χ0) is 14.4. The summed E-state index contributed by atoms with van der Waals surface area (Å²) in [5.41, 5.74) is 8.28. The molecular weight excluding hydrogens is 248 g/mol. The summed E-state index contributed by atoms with van der Waals surface area (Å²) in [7, 11) is 0. The van der Waals surface area contributed by atoms with Crippen LogP contribution < -0.4 is 10.6 Å². The molecule has 0 radical (unpaired) electrons. The van der Waals surface area contributed by atoms with Crippen molar-refractivity contribution in [2.75, 3.05) is 24.5 Å². The van der Waals surface area contributed by atoms with Crippen LogP contribution in [-0.2, 0) is 6.54 Å². The lowest BCUT2D eigenvalue weighted by Crippen LogP contribution is -2.30. The van der Waals surface area contributed by atoms with E-state index in [1.165, 1.54) is 11.3 Å². The SMILES string of the molecule is Cc1ccccc1N(CCCN)CCn1ccnc1C. The van der Waals surface area contributed by atoms with Gasteiger partial charge in [-0.3, -0.25) is 0 Å². The number of nitrogens with zero attached hydrogens (tertiary/aromatic N) is 3. The second-order valence-electron chi connectivity index (χ2n) is 5.08. The molecule has 0 saturated heterocycles. The second kappa shape index (κ2) is 7.10. The van der Waals surface area contributed by atoms with E-state index < -0.39 is 0 Å². The zero-order valence-corrected chi connectivity index (χ0v) is 12.4. The normalized spacial score (nSPS) is 10.8. The minimum Gasteiger partial charge on any atom is -0.369 e. The van der Waals surface area contributed by atoms with Gasteiger partial charge in [-0.05, 0) is 38.4 Å². The van der Waals surface area contributed by atoms with Crippen LogP contribution in [0.3, 0.4) is 0 Å². The van der Waals surface area contributed by atoms with Crippen molar-refractivity contribution in [1.82, 2.24) is 9.55 Å². The molecule has 1 heterocycles. The number of aryl methyl sites for hydroxylation is 2. The fourth-order valence-electron chi connectivity index (χ4n) is 2.42. The molecule has 0 amide bonds. The number of nitrogens with two attached hydrogens (primary N) is 1. The Morgan fingerprint density at radius 1 is 1.20 bits per heavy atom. The van der Waals surface area contributed by atoms with Crippen LogP contribution in [0, 0.1) is 13.8 Å². The van der Waals surface area contributed by atoms with Gasteiger partial charge >= 0.3 is 0 Å². The summed E-state index contributed by atoms with van der Waals surface area (Å²) in [6, 6.07) is 8.53. The Bertz CT molecular complexity index is 533. The molecule has 0 atom stereocenters. The summed E-state index contributed by atoms with van der Waals surface area (Å²) in [4.78, 5) is 6.69. The average Bonchev–Trinajstić information content (AvgIpc) is 2.86. The first kappa shape index (κ1) is 14.6. The van der Waals surface area contributed by atoms with Gasteiger partial charge < -0.3 is 15.2 Å². The van der Waals surface area contributed by atoms with E-state index in [0.717, 1.165) is 38.4 Å². The molecule has 0 aliphatic rings. The van der Waals surface area contributed by atoms with E-state index in [2.05, 4.69) is 45.6 Å². The molecule has 1 aromatic heterocycles. The highest BCUT2D eigenvalue weighted by Gasteiger charge is 2.09. The molecule has 0 fully saturated rings. The van der Waals surface area contributed by atoms with Gasteiger partial charge in [0.05, 0.1) is 0 Å². The molecule has 20 heavy (non-hydrogen) atoms. The Labute approximate surface area is 121 Å². The van der Waals surface area contributed by atoms with Crippen molar-refractivity contribution in [2.45, 2.75) is 26.8 Å². The van der Waals surface area contributed by atoms with Crippen molar-refractivity contribution in [3.05, 3.63) is 48.0 Å². The fourth-order valence-corrected chi connectivity index (χ4v) is 2.42. The van der Waals surface area contributed by atoms with Gasteiger partial charge in [-0.15, -0.1) is 0 Å². The lowest BCUT2D eigenvalue weighted by molar-refractivity contribution is 0.629. The number of para-hydroxylation sites is 1. The Morgan fingerprint density at radius 2 is 2.00 bits per heavy atom. The maximum atomic E-state index is 5.67. The summed E-state index contributed by atoms with van der Waals surface area (Å²) in [5, 5.41) is 0. The van der Waals surface area contributed by atoms with Crippen molar-refractivity contribution in [1.29, 1.82) is 0 Å². The van der Waals surface area contributed by atoms with Crippen LogP contribution in [0.25, 0.3) is 0 Å². The molecule has 2 rings (SSSR count). The Balaban J connectivity index is 2.08. The number of benzene rings is 1. The van der Waals surface area contributed by atoms with Gasteiger partial charge in [0.15, 0.2) is 0 Å². The lowest BCUT2D eigenvalue weighted by atomic mass is 10.1. The van der Waals surface area contributed by atoms with Crippen LogP contribution in [-0.4, -0.2) is 29.2 Å². The summed E-state index contributed by atoms with van der Waals surface area (Å²) in [5.74, 6) is 1.06. The van der Waals surface area contributed by atoms with E-state index in [1.54, 1.807) is 0 Å². The Hall–Kier alpha value is -1.81. The molecule has 0 spiro atoms. The molecule has 0 bridgehead atoms. The predicted octanol–water partition coefficient (Wildman–Crippen LogP) is 2.36. The quantitative estimate of drug-likeness (QED) is 0.841. The third-order valence-electron chi connectivity index (χ3n) is 3.62. The molecule has 108 valence electrons. The first-order valence-corrected chi connectivity index (χ1v) is 7.20. The van der Waals surface area contributed by atoms with Crippen LogP contribution in [0.5, 0.6) is 0 Å². The summed E-state index contributed by atoms with van der Waals surface area (Å²) >= 11 is 0. The molecule has 0 unspecified atom stereocenters. The molecule has 0 aliphatic carbocycles. The summed E-state index contributed by atoms with van der Waals surface area (Å²) < 4.78 is 2.19. The van der Waals surface area contributed by atoms with Crippen LogP contribution in [0.15, 0.2) is 36.7 Å². The highest BCUT2D eigenvalue weighted by molar-refractivity contribution is 5.52. The largest absolute Gasteiger partial charge is 0.369 e. The van der Waals surface area contributed by atoms with Crippen molar-refractivity contribution in [3.63, 3.8) is 0 Å². The van der Waals surface area contributed by atoms with Gasteiger partial charge in [0, 0.05) is 37.7 Å². The van der Waals surface area contributed by atoms with Crippen molar-refractivity contribution < 1.29 is 0 Å². The van der Waals surface area contributed by atoms with Gasteiger partial charge in [0.25, 0.3) is 0 Å². The average molecular weight is 272 g/mol. The Kier molecular flexibility index (Phi) is 5.18. The molecular formula is C16H24N4. The van der Waals surface area contributed by atoms with E-state index in [9.17, 15) is 0 Å². The molecule has 0 aliphatic heterocycles. The number of hydrogen-bond acceptors (Lipinski definition) is 3. The number of hydrogen-bond donors (Lipinski definition) is 1. The topological polar surface area (TPSA) is 47.1 Å². The number of aromatic nitrogens is 2. The van der Waals surface area contributed by atoms with Crippen LogP contribution in [0.1, 0.15) is 17.8 Å². The standard InChI is InChI=1S/C16H24N4/c1-14-6-3-4-7-16(14)20(10-5-8-17)13-12-19-11-9-18-15(19)2/h3-4,6-7,9,11H,5,8,10,12-13,17H2,1-2H3. The van der Waals surface area contributed by atoms with Crippen molar-refractivity contribution in [3.8, 4) is 0 Å². The van der Waals surface area contributed by atoms with E-state index in [0.29, 0.717) is 0 Å². The van der Waals surface area contributed by atoms with E-state index in [1.807, 2.05) is 19.3 Å². The third kappa shape index (κ3) is 3.61. The molecule has 2 aromatic rings. The van der Waals surface area contributed by atoms with Gasteiger partial charge in [-0.2, -0.15) is 0 Å². The smallest absolute Gasteiger partial charge is 0.105 e. The highest BCUT2D eigenvalue weighted by atomic mass is 15.2. The van der Waals surface area contributed by atoms with Gasteiger partial charge in [-0.1, -0.05) is 18.2 Å². The second-order valence-corrected chi connectivity index (χ2v) is 5.08. The van der Waals surface area contributed by atoms with E-state index in [-0.39, 0.29) is 0 Å². The van der Waals surface area contributed by atoms with Crippen molar-refractivity contribution >= 4 is 5.69 Å². The first-order valence-electron chi connectivity index (χ1n) is 7.20. The maximum Gasteiger partial charge on any atom is 0.105 e. The number of imidazole rings is 1. The van der Waals surface area contributed by atoms with E-state index in [4.69, 9.17) is 5.73 Å². The fraction of sp³-hybridized carbons (Fsp3) is 0.438. The maximum absolute atomic E-state index is 5.67. The first-order chi connectivity index (χ1) is 9.72. The van der Waals surface area contributed by atoms with E-state index >= 15 is 0 Å². The van der Waals surface area contributed by atoms with Crippen LogP contribution >= 0.6 is 0 Å². The number of anilines is 1. The summed E-state index contributed by atoms with van der Waals surface area (Å²) in [6.45, 7) is 7.85. The van der Waals surface area contributed by atoms with Gasteiger partial charge in [-0.25, -0.2) is 4.98 Å². The van der Waals surface area contributed by atoms with Crippen LogP contribution in [0.4, 0.5) is 5.69 Å².